The molecule has 0 aromatic carbocycles. The maximum absolute atomic E-state index is 5.39. The molecule has 1 rings (SSSR count). The van der Waals surface area contributed by atoms with Gasteiger partial charge in [-0.05, 0) is 29.8 Å². The second-order valence-electron chi connectivity index (χ2n) is 2.65. The van der Waals surface area contributed by atoms with Crippen LogP contribution in [0.3, 0.4) is 0 Å². The van der Waals surface area contributed by atoms with Gasteiger partial charge in [-0.3, -0.25) is 0 Å². The Balaban J connectivity index is 2.94. The molecule has 5 nitrogen and oxygen atoms in total. The third kappa shape index (κ3) is 2.53. The van der Waals surface area contributed by atoms with Gasteiger partial charge >= 0.3 is 0 Å². The quantitative estimate of drug-likeness (QED) is 0.622. The summed E-state index contributed by atoms with van der Waals surface area (Å²) in [5.41, 5.74) is 2.43. The van der Waals surface area contributed by atoms with Crippen LogP contribution in [0.25, 0.3) is 0 Å². The fraction of sp³-hybridized carbons (Fsp3) is 0.429. The molecule has 13 heavy (non-hydrogen) atoms. The molecule has 0 radical (unpaired) electrons. The van der Waals surface area contributed by atoms with Gasteiger partial charge in [0.15, 0.2) is 5.82 Å². The van der Waals surface area contributed by atoms with E-state index in [0.29, 0.717) is 16.2 Å². The zero-order valence-corrected chi connectivity index (χ0v) is 9.00. The predicted molar refractivity (Wildman–Crippen MR) is 53.3 cm³/mol. The number of aromatic nitrogens is 2. The van der Waals surface area contributed by atoms with E-state index in [1.165, 1.54) is 6.33 Å². The van der Waals surface area contributed by atoms with Crippen LogP contribution in [-0.2, 0) is 0 Å². The number of anilines is 1. The first-order chi connectivity index (χ1) is 6.15. The van der Waals surface area contributed by atoms with Crippen molar-refractivity contribution in [2.24, 2.45) is 5.84 Å². The van der Waals surface area contributed by atoms with Gasteiger partial charge in [0.2, 0.25) is 5.88 Å². The van der Waals surface area contributed by atoms with Crippen LogP contribution in [0.15, 0.2) is 10.8 Å². The van der Waals surface area contributed by atoms with Crippen molar-refractivity contribution < 1.29 is 4.74 Å². The van der Waals surface area contributed by atoms with Crippen molar-refractivity contribution in [1.29, 1.82) is 0 Å². The molecule has 0 amide bonds. The van der Waals surface area contributed by atoms with Gasteiger partial charge in [-0.25, -0.2) is 15.8 Å². The van der Waals surface area contributed by atoms with Crippen LogP contribution in [0.1, 0.15) is 13.8 Å². The summed E-state index contributed by atoms with van der Waals surface area (Å²) < 4.78 is 6.02. The molecule has 0 unspecified atom stereocenters. The lowest BCUT2D eigenvalue weighted by Crippen LogP contribution is -2.12. The number of hydrogen-bond acceptors (Lipinski definition) is 5. The van der Waals surface area contributed by atoms with Crippen molar-refractivity contribution in [3.05, 3.63) is 10.8 Å². The van der Waals surface area contributed by atoms with E-state index in [-0.39, 0.29) is 6.10 Å². The van der Waals surface area contributed by atoms with E-state index in [1.807, 2.05) is 13.8 Å². The van der Waals surface area contributed by atoms with E-state index in [1.54, 1.807) is 0 Å². The van der Waals surface area contributed by atoms with E-state index < -0.39 is 0 Å². The summed E-state index contributed by atoms with van der Waals surface area (Å²) in [7, 11) is 0. The topological polar surface area (TPSA) is 73.1 Å². The van der Waals surface area contributed by atoms with Crippen molar-refractivity contribution in [3.63, 3.8) is 0 Å². The van der Waals surface area contributed by atoms with Gasteiger partial charge in [-0.15, -0.1) is 0 Å². The van der Waals surface area contributed by atoms with Gasteiger partial charge in [0.25, 0.3) is 0 Å². The number of nitrogen functional groups attached to an aromatic ring is 1. The summed E-state index contributed by atoms with van der Waals surface area (Å²) in [6.07, 6.45) is 1.45. The molecule has 0 fully saturated rings. The lowest BCUT2D eigenvalue weighted by Gasteiger charge is -2.11. The van der Waals surface area contributed by atoms with Crippen molar-refractivity contribution in [3.8, 4) is 5.88 Å². The van der Waals surface area contributed by atoms with Crippen molar-refractivity contribution in [2.45, 2.75) is 20.0 Å². The van der Waals surface area contributed by atoms with Gasteiger partial charge in [0.05, 0.1) is 6.10 Å². The Morgan fingerprint density at radius 3 is 2.77 bits per heavy atom. The molecule has 1 heterocycles. The van der Waals surface area contributed by atoms with Crippen LogP contribution in [-0.4, -0.2) is 16.1 Å². The minimum absolute atomic E-state index is 0.0665. The van der Waals surface area contributed by atoms with Crippen LogP contribution in [0.5, 0.6) is 5.88 Å². The second-order valence-corrected chi connectivity index (χ2v) is 3.45. The molecule has 0 saturated carbocycles. The summed E-state index contributed by atoms with van der Waals surface area (Å²) in [5.74, 6) is 6.21. The molecule has 0 aliphatic rings. The Morgan fingerprint density at radius 2 is 2.23 bits per heavy atom. The molecule has 0 aliphatic heterocycles. The highest BCUT2D eigenvalue weighted by molar-refractivity contribution is 9.10. The number of halogens is 1. The normalized spacial score (nSPS) is 10.2. The molecule has 0 atom stereocenters. The molecule has 0 bridgehead atoms. The monoisotopic (exact) mass is 246 g/mol. The average Bonchev–Trinajstić information content (AvgIpc) is 2.08. The fourth-order valence-corrected chi connectivity index (χ4v) is 1.17. The fourth-order valence-electron chi connectivity index (χ4n) is 0.760. The first kappa shape index (κ1) is 10.2. The number of nitrogens with two attached hydrogens (primary N) is 1. The summed E-state index contributed by atoms with van der Waals surface area (Å²) >= 11 is 3.28. The van der Waals surface area contributed by atoms with E-state index in [0.717, 1.165) is 0 Å². The number of nitrogens with one attached hydrogen (secondary N) is 1. The smallest absolute Gasteiger partial charge is 0.233 e. The predicted octanol–water partition coefficient (Wildman–Crippen LogP) is 1.31. The summed E-state index contributed by atoms with van der Waals surface area (Å²) in [4.78, 5) is 7.84. The van der Waals surface area contributed by atoms with Gasteiger partial charge < -0.3 is 10.2 Å². The van der Waals surface area contributed by atoms with Gasteiger partial charge in [0.1, 0.15) is 10.8 Å². The Bertz CT molecular complexity index is 292. The second kappa shape index (κ2) is 4.38. The maximum atomic E-state index is 5.39. The number of ether oxygens (including phenoxy) is 1. The molecule has 72 valence electrons. The maximum Gasteiger partial charge on any atom is 0.233 e. The van der Waals surface area contributed by atoms with Crippen molar-refractivity contribution in [2.75, 3.05) is 5.43 Å². The minimum Gasteiger partial charge on any atom is -0.474 e. The summed E-state index contributed by atoms with van der Waals surface area (Å²) in [5, 5.41) is 0. The minimum atomic E-state index is 0.0665. The summed E-state index contributed by atoms with van der Waals surface area (Å²) in [6.45, 7) is 3.84. The Hall–Kier alpha value is -0.880. The largest absolute Gasteiger partial charge is 0.474 e. The molecule has 1 aromatic heterocycles. The van der Waals surface area contributed by atoms with Gasteiger partial charge in [-0.1, -0.05) is 0 Å². The molecule has 1 aromatic rings. The third-order valence-electron chi connectivity index (χ3n) is 1.24. The third-order valence-corrected chi connectivity index (χ3v) is 1.96. The Kier molecular flexibility index (Phi) is 3.44. The molecule has 0 spiro atoms. The van der Waals surface area contributed by atoms with Gasteiger partial charge in [-0.2, -0.15) is 0 Å². The number of hydrazine groups is 1. The van der Waals surface area contributed by atoms with Crippen molar-refractivity contribution >= 4 is 21.7 Å². The highest BCUT2D eigenvalue weighted by atomic mass is 79.9. The lowest BCUT2D eigenvalue weighted by molar-refractivity contribution is 0.230. The molecular weight excluding hydrogens is 236 g/mol. The zero-order chi connectivity index (χ0) is 9.84. The van der Waals surface area contributed by atoms with Crippen molar-refractivity contribution in [1.82, 2.24) is 9.97 Å². The van der Waals surface area contributed by atoms with E-state index in [9.17, 15) is 0 Å². The van der Waals surface area contributed by atoms with Crippen LogP contribution < -0.4 is 16.0 Å². The van der Waals surface area contributed by atoms with Crippen LogP contribution >= 0.6 is 15.9 Å². The first-order valence-electron chi connectivity index (χ1n) is 3.79. The molecular formula is C7H11BrN4O. The average molecular weight is 247 g/mol. The van der Waals surface area contributed by atoms with E-state index in [4.69, 9.17) is 10.6 Å². The van der Waals surface area contributed by atoms with E-state index >= 15 is 0 Å². The highest BCUT2D eigenvalue weighted by Gasteiger charge is 2.09. The number of hydrogen-bond donors (Lipinski definition) is 2. The first-order valence-corrected chi connectivity index (χ1v) is 4.58. The number of rotatable bonds is 3. The highest BCUT2D eigenvalue weighted by Crippen LogP contribution is 2.28. The molecule has 3 N–H and O–H groups in total. The summed E-state index contributed by atoms with van der Waals surface area (Å²) in [6, 6.07) is 0. The van der Waals surface area contributed by atoms with Crippen LogP contribution in [0.2, 0.25) is 0 Å². The van der Waals surface area contributed by atoms with E-state index in [2.05, 4.69) is 31.3 Å². The zero-order valence-electron chi connectivity index (χ0n) is 7.41. The van der Waals surface area contributed by atoms with Crippen LogP contribution in [0, 0.1) is 0 Å². The Labute approximate surface area is 84.8 Å². The molecule has 6 heteroatoms. The standard InChI is InChI=1S/C7H11BrN4O/c1-4(2)13-7-5(8)6(12-9)10-3-11-7/h3-4H,9H2,1-2H3,(H,10,11,12). The molecule has 0 saturated heterocycles. The van der Waals surface area contributed by atoms with Gasteiger partial charge in [0, 0.05) is 0 Å². The molecule has 0 aliphatic carbocycles. The van der Waals surface area contributed by atoms with Crippen LogP contribution in [0.4, 0.5) is 5.82 Å². The Morgan fingerprint density at radius 1 is 1.54 bits per heavy atom. The SMILES string of the molecule is CC(C)Oc1ncnc(NN)c1Br. The number of nitrogens with zero attached hydrogens (tertiary/aromatic N) is 2. The lowest BCUT2D eigenvalue weighted by atomic mass is 10.5.